The minimum absolute atomic E-state index is 0.107. The van der Waals surface area contributed by atoms with E-state index in [9.17, 15) is 4.79 Å². The van der Waals surface area contributed by atoms with E-state index in [1.165, 1.54) is 0 Å². The molecule has 0 N–H and O–H groups in total. The molecule has 8 nitrogen and oxygen atoms in total. The van der Waals surface area contributed by atoms with Crippen LogP contribution in [0.3, 0.4) is 0 Å². The van der Waals surface area contributed by atoms with Gasteiger partial charge in [-0.05, 0) is 25.1 Å². The summed E-state index contributed by atoms with van der Waals surface area (Å²) >= 11 is 0. The molecule has 0 aliphatic heterocycles. The van der Waals surface area contributed by atoms with E-state index in [2.05, 4.69) is 15.2 Å². The number of carbonyl (C=O) groups excluding carboxylic acids is 1. The second-order valence-corrected chi connectivity index (χ2v) is 5.92. The van der Waals surface area contributed by atoms with Gasteiger partial charge in [0.05, 0.1) is 6.54 Å². The lowest BCUT2D eigenvalue weighted by Gasteiger charge is -1.99. The first-order chi connectivity index (χ1) is 13.2. The Kier molecular flexibility index (Phi) is 4.52. The Balaban J connectivity index is 1.35. The number of aromatic nitrogens is 4. The molecule has 8 heteroatoms. The first-order valence-electron chi connectivity index (χ1n) is 8.30. The summed E-state index contributed by atoms with van der Waals surface area (Å²) in [5.41, 5.74) is 1.97. The average Bonchev–Trinajstić information content (AvgIpc) is 3.43. The summed E-state index contributed by atoms with van der Waals surface area (Å²) in [6, 6.07) is 12.8. The van der Waals surface area contributed by atoms with Gasteiger partial charge in [0.25, 0.3) is 5.89 Å². The van der Waals surface area contributed by atoms with Gasteiger partial charge < -0.3 is 13.7 Å². The SMILES string of the molecule is Cc1ccc(-c2noc(COC(=O)c3ccc(Cn4cccn4)o3)n2)cc1. The fraction of sp³-hybridized carbons (Fsp3) is 0.158. The lowest BCUT2D eigenvalue weighted by molar-refractivity contribution is 0.0391. The number of rotatable bonds is 6. The maximum absolute atomic E-state index is 12.1. The molecule has 136 valence electrons. The molecule has 4 aromatic rings. The van der Waals surface area contributed by atoms with E-state index < -0.39 is 5.97 Å². The second-order valence-electron chi connectivity index (χ2n) is 5.92. The molecular weight excluding hydrogens is 348 g/mol. The van der Waals surface area contributed by atoms with E-state index in [-0.39, 0.29) is 18.3 Å². The number of benzene rings is 1. The summed E-state index contributed by atoms with van der Waals surface area (Å²) in [5, 5.41) is 7.99. The fourth-order valence-electron chi connectivity index (χ4n) is 2.46. The summed E-state index contributed by atoms with van der Waals surface area (Å²) < 4.78 is 17.5. The summed E-state index contributed by atoms with van der Waals surface area (Å²) in [6.07, 6.45) is 3.48. The third-order valence-corrected chi connectivity index (χ3v) is 3.84. The summed E-state index contributed by atoms with van der Waals surface area (Å²) in [4.78, 5) is 16.4. The van der Waals surface area contributed by atoms with Crippen molar-refractivity contribution in [2.75, 3.05) is 0 Å². The van der Waals surface area contributed by atoms with Gasteiger partial charge in [0, 0.05) is 18.0 Å². The molecule has 0 saturated heterocycles. The van der Waals surface area contributed by atoms with Gasteiger partial charge in [-0.2, -0.15) is 10.1 Å². The number of furan rings is 1. The summed E-state index contributed by atoms with van der Waals surface area (Å²) in [7, 11) is 0. The molecule has 0 unspecified atom stereocenters. The van der Waals surface area contributed by atoms with Crippen molar-refractivity contribution in [2.24, 2.45) is 0 Å². The number of aryl methyl sites for hydroxylation is 1. The van der Waals surface area contributed by atoms with Crippen LogP contribution in [-0.2, 0) is 17.9 Å². The number of ether oxygens (including phenoxy) is 1. The largest absolute Gasteiger partial charge is 0.452 e. The van der Waals surface area contributed by atoms with E-state index in [0.717, 1.165) is 11.1 Å². The highest BCUT2D eigenvalue weighted by atomic mass is 16.6. The molecule has 4 rings (SSSR count). The van der Waals surface area contributed by atoms with E-state index in [0.29, 0.717) is 18.1 Å². The number of nitrogens with zero attached hydrogens (tertiary/aromatic N) is 4. The van der Waals surface area contributed by atoms with Crippen LogP contribution < -0.4 is 0 Å². The molecule has 3 aromatic heterocycles. The Morgan fingerprint density at radius 2 is 2.04 bits per heavy atom. The Morgan fingerprint density at radius 1 is 1.19 bits per heavy atom. The highest BCUT2D eigenvalue weighted by Crippen LogP contribution is 2.17. The van der Waals surface area contributed by atoms with Crippen molar-refractivity contribution in [1.82, 2.24) is 19.9 Å². The standard InChI is InChI=1S/C19H16N4O4/c1-13-3-5-14(6-4-13)18-21-17(27-22-18)12-25-19(24)16-8-7-15(26-16)11-23-10-2-9-20-23/h2-10H,11-12H2,1H3. The van der Waals surface area contributed by atoms with Crippen LogP contribution in [0.15, 0.2) is 63.8 Å². The topological polar surface area (TPSA) is 96.2 Å². The molecule has 0 atom stereocenters. The number of hydrogen-bond donors (Lipinski definition) is 0. The van der Waals surface area contributed by atoms with Crippen molar-refractivity contribution in [1.29, 1.82) is 0 Å². The van der Waals surface area contributed by atoms with E-state index in [4.69, 9.17) is 13.7 Å². The van der Waals surface area contributed by atoms with Crippen LogP contribution in [0.5, 0.6) is 0 Å². The monoisotopic (exact) mass is 364 g/mol. The zero-order valence-electron chi connectivity index (χ0n) is 14.5. The molecule has 0 aliphatic carbocycles. The first kappa shape index (κ1) is 16.8. The maximum Gasteiger partial charge on any atom is 0.374 e. The van der Waals surface area contributed by atoms with Crippen molar-refractivity contribution in [2.45, 2.75) is 20.1 Å². The Labute approximate surface area is 154 Å². The number of esters is 1. The Hall–Kier alpha value is -3.68. The minimum Gasteiger partial charge on any atom is -0.452 e. The second kappa shape index (κ2) is 7.28. The molecule has 0 radical (unpaired) electrons. The van der Waals surface area contributed by atoms with Gasteiger partial charge in [0.2, 0.25) is 11.6 Å². The van der Waals surface area contributed by atoms with Crippen LogP contribution in [0, 0.1) is 6.92 Å². The lowest BCUT2D eigenvalue weighted by Crippen LogP contribution is -2.04. The van der Waals surface area contributed by atoms with E-state index in [1.54, 1.807) is 23.0 Å². The highest BCUT2D eigenvalue weighted by Gasteiger charge is 2.16. The summed E-state index contributed by atoms with van der Waals surface area (Å²) in [5.74, 6) is 0.764. The van der Waals surface area contributed by atoms with Gasteiger partial charge in [-0.25, -0.2) is 4.79 Å². The van der Waals surface area contributed by atoms with Crippen LogP contribution in [0.2, 0.25) is 0 Å². The zero-order valence-corrected chi connectivity index (χ0v) is 14.5. The number of hydrogen-bond acceptors (Lipinski definition) is 7. The van der Waals surface area contributed by atoms with Crippen LogP contribution in [0.25, 0.3) is 11.4 Å². The number of carbonyl (C=O) groups is 1. The predicted molar refractivity (Wildman–Crippen MR) is 93.6 cm³/mol. The van der Waals surface area contributed by atoms with E-state index >= 15 is 0 Å². The quantitative estimate of drug-likeness (QED) is 0.485. The molecule has 0 aliphatic rings. The predicted octanol–water partition coefficient (Wildman–Crippen LogP) is 3.24. The van der Waals surface area contributed by atoms with Gasteiger partial charge in [-0.15, -0.1) is 0 Å². The van der Waals surface area contributed by atoms with Crippen molar-refractivity contribution in [3.63, 3.8) is 0 Å². The average molecular weight is 364 g/mol. The molecule has 0 fully saturated rings. The van der Waals surface area contributed by atoms with Gasteiger partial charge in [0.15, 0.2) is 6.61 Å². The Bertz CT molecular complexity index is 1030. The summed E-state index contributed by atoms with van der Waals surface area (Å²) in [6.45, 7) is 2.30. The van der Waals surface area contributed by atoms with Crippen molar-refractivity contribution in [3.8, 4) is 11.4 Å². The van der Waals surface area contributed by atoms with Crippen molar-refractivity contribution in [3.05, 3.63) is 77.8 Å². The van der Waals surface area contributed by atoms with Crippen LogP contribution >= 0.6 is 0 Å². The highest BCUT2D eigenvalue weighted by molar-refractivity contribution is 5.86. The first-order valence-corrected chi connectivity index (χ1v) is 8.30. The van der Waals surface area contributed by atoms with Crippen molar-refractivity contribution >= 4 is 5.97 Å². The molecule has 0 spiro atoms. The molecular formula is C19H16N4O4. The van der Waals surface area contributed by atoms with E-state index in [1.807, 2.05) is 43.5 Å². The van der Waals surface area contributed by atoms with Gasteiger partial charge in [-0.3, -0.25) is 4.68 Å². The molecule has 0 bridgehead atoms. The minimum atomic E-state index is -0.600. The van der Waals surface area contributed by atoms with Gasteiger partial charge in [-0.1, -0.05) is 35.0 Å². The molecule has 27 heavy (non-hydrogen) atoms. The van der Waals surface area contributed by atoms with Crippen LogP contribution in [0.1, 0.15) is 27.8 Å². The third-order valence-electron chi connectivity index (χ3n) is 3.84. The fourth-order valence-corrected chi connectivity index (χ4v) is 2.46. The van der Waals surface area contributed by atoms with Crippen LogP contribution in [-0.4, -0.2) is 25.9 Å². The molecule has 1 aromatic carbocycles. The van der Waals surface area contributed by atoms with Gasteiger partial charge >= 0.3 is 5.97 Å². The molecule has 3 heterocycles. The maximum atomic E-state index is 12.1. The van der Waals surface area contributed by atoms with Crippen molar-refractivity contribution < 1.29 is 18.5 Å². The molecule has 0 amide bonds. The van der Waals surface area contributed by atoms with Crippen LogP contribution in [0.4, 0.5) is 0 Å². The zero-order chi connectivity index (χ0) is 18.6. The third kappa shape index (κ3) is 3.95. The normalized spacial score (nSPS) is 10.9. The lowest BCUT2D eigenvalue weighted by atomic mass is 10.1. The van der Waals surface area contributed by atoms with Gasteiger partial charge in [0.1, 0.15) is 5.76 Å². The Morgan fingerprint density at radius 3 is 2.81 bits per heavy atom. The molecule has 0 saturated carbocycles. The smallest absolute Gasteiger partial charge is 0.374 e.